The van der Waals surface area contributed by atoms with Crippen LogP contribution < -0.4 is 0 Å². The summed E-state index contributed by atoms with van der Waals surface area (Å²) in [6.07, 6.45) is -0.345. The number of hydrogen-bond acceptors (Lipinski definition) is 2. The van der Waals surface area contributed by atoms with E-state index in [1.54, 1.807) is 11.8 Å². The van der Waals surface area contributed by atoms with Crippen molar-refractivity contribution in [3.05, 3.63) is 11.7 Å². The van der Waals surface area contributed by atoms with Crippen LogP contribution in [0.4, 0.5) is 8.78 Å². The molecule has 0 bridgehead atoms. The molecule has 94 valence electrons. The zero-order chi connectivity index (χ0) is 12.6. The van der Waals surface area contributed by atoms with Gasteiger partial charge in [-0.15, -0.1) is 0 Å². The third-order valence-electron chi connectivity index (χ3n) is 2.27. The Labute approximate surface area is 106 Å². The van der Waals surface area contributed by atoms with Crippen LogP contribution in [0.3, 0.4) is 0 Å². The van der Waals surface area contributed by atoms with Gasteiger partial charge in [0.15, 0.2) is 0 Å². The molecule has 5 heteroatoms. The highest BCUT2D eigenvalue weighted by molar-refractivity contribution is 8.22. The predicted molar refractivity (Wildman–Crippen MR) is 72.1 cm³/mol. The van der Waals surface area contributed by atoms with Gasteiger partial charge in [0.05, 0.1) is 0 Å². The molecule has 0 saturated heterocycles. The first kappa shape index (κ1) is 15.8. The molecular weight excluding hydrogens is 248 g/mol. The fourth-order valence-corrected chi connectivity index (χ4v) is 2.58. The number of rotatable bonds is 6. The van der Waals surface area contributed by atoms with Crippen molar-refractivity contribution in [1.29, 1.82) is 0 Å². The van der Waals surface area contributed by atoms with Crippen molar-refractivity contribution >= 4 is 28.3 Å². The molecule has 0 aliphatic rings. The van der Waals surface area contributed by atoms with Gasteiger partial charge < -0.3 is 4.90 Å². The maximum absolute atomic E-state index is 12.1. The summed E-state index contributed by atoms with van der Waals surface area (Å²) in [5, 5.41) is 0. The van der Waals surface area contributed by atoms with E-state index in [9.17, 15) is 8.78 Å². The quantitative estimate of drug-likeness (QED) is 0.522. The summed E-state index contributed by atoms with van der Waals surface area (Å²) in [5.41, 5.74) is 0.189. The summed E-state index contributed by atoms with van der Waals surface area (Å²) < 4.78 is 25.0. The predicted octanol–water partition coefficient (Wildman–Crippen LogP) is 4.30. The van der Waals surface area contributed by atoms with Crippen molar-refractivity contribution in [3.63, 3.8) is 0 Å². The Morgan fingerprint density at radius 3 is 2.25 bits per heavy atom. The van der Waals surface area contributed by atoms with E-state index in [-0.39, 0.29) is 5.57 Å². The van der Waals surface area contributed by atoms with Crippen molar-refractivity contribution in [1.82, 2.24) is 4.90 Å². The van der Waals surface area contributed by atoms with Gasteiger partial charge in [0, 0.05) is 18.8 Å². The fourth-order valence-electron chi connectivity index (χ4n) is 1.16. The Hall–Kier alpha value is -0.160. The molecular formula is C11H19F2NS2. The van der Waals surface area contributed by atoms with Gasteiger partial charge in [-0.1, -0.05) is 24.0 Å². The van der Waals surface area contributed by atoms with E-state index in [1.807, 2.05) is 0 Å². The number of thioether (sulfide) groups is 1. The number of hydrogen-bond donors (Lipinski definition) is 0. The maximum atomic E-state index is 12.1. The summed E-state index contributed by atoms with van der Waals surface area (Å²) in [5.74, 6) is 0.806. The van der Waals surface area contributed by atoms with E-state index in [1.165, 1.54) is 6.92 Å². The highest BCUT2D eigenvalue weighted by atomic mass is 32.2. The van der Waals surface area contributed by atoms with Crippen molar-refractivity contribution in [2.75, 3.05) is 18.8 Å². The molecule has 0 spiro atoms. The van der Waals surface area contributed by atoms with Crippen LogP contribution >= 0.6 is 24.0 Å². The van der Waals surface area contributed by atoms with Gasteiger partial charge in [0.25, 0.3) is 6.08 Å². The molecule has 0 aliphatic carbocycles. The largest absolute Gasteiger partial charge is 0.358 e. The highest BCUT2D eigenvalue weighted by Gasteiger charge is 2.06. The van der Waals surface area contributed by atoms with E-state index in [4.69, 9.17) is 12.2 Å². The molecule has 0 aromatic carbocycles. The number of thiocarbonyl (C=S) groups is 1. The molecule has 0 fully saturated rings. The molecule has 0 N–H and O–H groups in total. The van der Waals surface area contributed by atoms with Gasteiger partial charge >= 0.3 is 0 Å². The number of nitrogens with zero attached hydrogens (tertiary/aromatic N) is 1. The molecule has 1 nitrogen and oxygen atoms in total. The summed E-state index contributed by atoms with van der Waals surface area (Å²) >= 11 is 6.81. The average molecular weight is 267 g/mol. The maximum Gasteiger partial charge on any atom is 0.269 e. The van der Waals surface area contributed by atoms with Crippen LogP contribution in [0.15, 0.2) is 11.7 Å². The molecule has 0 atom stereocenters. The Balaban J connectivity index is 3.75. The molecule has 0 amide bonds. The second kappa shape index (κ2) is 8.93. The van der Waals surface area contributed by atoms with Crippen molar-refractivity contribution < 1.29 is 8.78 Å². The molecule has 0 rings (SSSR count). The van der Waals surface area contributed by atoms with Gasteiger partial charge in [0.2, 0.25) is 0 Å². The lowest BCUT2D eigenvalue weighted by Crippen LogP contribution is -2.26. The molecule has 0 aromatic rings. The second-order valence-electron chi connectivity index (χ2n) is 3.43. The van der Waals surface area contributed by atoms with E-state index in [0.29, 0.717) is 6.42 Å². The third-order valence-corrected chi connectivity index (χ3v) is 3.88. The van der Waals surface area contributed by atoms with Gasteiger partial charge in [-0.2, -0.15) is 8.78 Å². The minimum absolute atomic E-state index is 0.189. The van der Waals surface area contributed by atoms with Gasteiger partial charge in [0.1, 0.15) is 4.32 Å². The lowest BCUT2D eigenvalue weighted by molar-refractivity contribution is 0.407. The molecule has 0 aromatic heterocycles. The zero-order valence-electron chi connectivity index (χ0n) is 10.1. The monoisotopic (exact) mass is 267 g/mol. The van der Waals surface area contributed by atoms with Gasteiger partial charge in [-0.25, -0.2) is 0 Å². The summed E-state index contributed by atoms with van der Waals surface area (Å²) in [6.45, 7) is 7.40. The van der Waals surface area contributed by atoms with Gasteiger partial charge in [-0.05, 0) is 39.2 Å². The Bertz CT molecular complexity index is 246. The third kappa shape index (κ3) is 6.43. The molecule has 0 saturated carbocycles. The number of halogens is 2. The van der Waals surface area contributed by atoms with Crippen LogP contribution in [0.1, 0.15) is 33.6 Å². The highest BCUT2D eigenvalue weighted by Crippen LogP contribution is 2.17. The Kier molecular flexibility index (Phi) is 8.84. The number of allylic oxidation sites excluding steroid dienone is 1. The molecule has 0 heterocycles. The standard InChI is InChI=1S/C11H19F2NS2/c1-4-14(5-2)11(15)16-8-6-7-9(3)10(12)13/h4-8H2,1-3H3. The summed E-state index contributed by atoms with van der Waals surface area (Å²) in [4.78, 5) is 2.10. The molecule has 16 heavy (non-hydrogen) atoms. The first-order chi connectivity index (χ1) is 7.52. The van der Waals surface area contributed by atoms with Crippen LogP contribution in [0.25, 0.3) is 0 Å². The second-order valence-corrected chi connectivity index (χ2v) is 5.16. The van der Waals surface area contributed by atoms with Crippen LogP contribution in [0.2, 0.25) is 0 Å². The Morgan fingerprint density at radius 1 is 1.25 bits per heavy atom. The van der Waals surface area contributed by atoms with Crippen molar-refractivity contribution in [2.24, 2.45) is 0 Å². The first-order valence-corrected chi connectivity index (χ1v) is 6.84. The van der Waals surface area contributed by atoms with Crippen LogP contribution in [0, 0.1) is 0 Å². The van der Waals surface area contributed by atoms with Crippen LogP contribution in [-0.2, 0) is 0 Å². The smallest absolute Gasteiger partial charge is 0.269 e. The normalized spacial score (nSPS) is 10.1. The molecule has 0 aliphatic heterocycles. The minimum atomic E-state index is -1.55. The van der Waals surface area contributed by atoms with Gasteiger partial charge in [-0.3, -0.25) is 0 Å². The molecule has 0 unspecified atom stereocenters. The van der Waals surface area contributed by atoms with E-state index in [2.05, 4.69) is 18.7 Å². The van der Waals surface area contributed by atoms with Crippen LogP contribution in [0.5, 0.6) is 0 Å². The minimum Gasteiger partial charge on any atom is -0.358 e. The molecule has 0 radical (unpaired) electrons. The lowest BCUT2D eigenvalue weighted by atomic mass is 10.2. The van der Waals surface area contributed by atoms with E-state index >= 15 is 0 Å². The topological polar surface area (TPSA) is 3.24 Å². The van der Waals surface area contributed by atoms with Crippen molar-refractivity contribution in [3.8, 4) is 0 Å². The van der Waals surface area contributed by atoms with E-state index in [0.717, 1.165) is 29.6 Å². The summed E-state index contributed by atoms with van der Waals surface area (Å²) in [6, 6.07) is 0. The SMILES string of the molecule is CCN(CC)C(=S)SCCCC(C)=C(F)F. The summed E-state index contributed by atoms with van der Waals surface area (Å²) in [7, 11) is 0. The van der Waals surface area contributed by atoms with Crippen molar-refractivity contribution in [2.45, 2.75) is 33.6 Å². The van der Waals surface area contributed by atoms with E-state index < -0.39 is 6.08 Å². The van der Waals surface area contributed by atoms with Crippen LogP contribution in [-0.4, -0.2) is 28.1 Å². The Morgan fingerprint density at radius 2 is 1.81 bits per heavy atom. The average Bonchev–Trinajstić information content (AvgIpc) is 2.25. The zero-order valence-corrected chi connectivity index (χ0v) is 11.7. The fraction of sp³-hybridized carbons (Fsp3) is 0.727. The first-order valence-electron chi connectivity index (χ1n) is 5.45. The lowest BCUT2D eigenvalue weighted by Gasteiger charge is -2.20.